The fraction of sp³-hybridized carbons (Fsp3) is 0.533. The van der Waals surface area contributed by atoms with Gasteiger partial charge in [0.25, 0.3) is 5.91 Å². The summed E-state index contributed by atoms with van der Waals surface area (Å²) in [7, 11) is 1.38. The van der Waals surface area contributed by atoms with Crippen LogP contribution in [0.2, 0.25) is 0 Å². The van der Waals surface area contributed by atoms with E-state index in [1.165, 1.54) is 19.2 Å². The average Bonchev–Trinajstić information content (AvgIpc) is 2.46. The number of amides is 1. The summed E-state index contributed by atoms with van der Waals surface area (Å²) in [6.07, 6.45) is 3.21. The van der Waals surface area contributed by atoms with Crippen molar-refractivity contribution in [3.8, 4) is 5.75 Å². The number of rotatable bonds is 4. The van der Waals surface area contributed by atoms with Crippen LogP contribution in [0.15, 0.2) is 18.2 Å². The minimum absolute atomic E-state index is 0.128. The van der Waals surface area contributed by atoms with E-state index in [2.05, 4.69) is 5.32 Å². The number of benzene rings is 1. The van der Waals surface area contributed by atoms with Crippen LogP contribution in [0.5, 0.6) is 5.75 Å². The van der Waals surface area contributed by atoms with Crippen LogP contribution >= 0.6 is 0 Å². The van der Waals surface area contributed by atoms with Gasteiger partial charge in [-0.3, -0.25) is 4.79 Å². The van der Waals surface area contributed by atoms with Gasteiger partial charge in [-0.15, -0.1) is 0 Å². The third-order valence-electron chi connectivity index (χ3n) is 3.78. The van der Waals surface area contributed by atoms with Crippen molar-refractivity contribution in [2.75, 3.05) is 13.7 Å². The van der Waals surface area contributed by atoms with E-state index in [1.807, 2.05) is 0 Å². The molecule has 110 valence electrons. The molecule has 0 aliphatic heterocycles. The normalized spacial score (nSPS) is 22.4. The molecule has 0 atom stereocenters. The maximum atomic E-state index is 13.5. The quantitative estimate of drug-likeness (QED) is 0.888. The molecule has 0 radical (unpaired) electrons. The Hall–Kier alpha value is -1.62. The second-order valence-electron chi connectivity index (χ2n) is 5.23. The van der Waals surface area contributed by atoms with Crippen molar-refractivity contribution in [3.05, 3.63) is 29.6 Å². The molecule has 1 aromatic rings. The van der Waals surface area contributed by atoms with Crippen molar-refractivity contribution in [2.45, 2.75) is 31.8 Å². The van der Waals surface area contributed by atoms with Gasteiger partial charge in [-0.1, -0.05) is 0 Å². The topological polar surface area (TPSA) is 58.6 Å². The smallest absolute Gasteiger partial charge is 0.251 e. The number of aliphatic hydroxyl groups excluding tert-OH is 1. The zero-order chi connectivity index (χ0) is 14.5. The summed E-state index contributed by atoms with van der Waals surface area (Å²) >= 11 is 0. The van der Waals surface area contributed by atoms with Gasteiger partial charge in [0.15, 0.2) is 11.6 Å². The van der Waals surface area contributed by atoms with Gasteiger partial charge in [0, 0.05) is 12.1 Å². The van der Waals surface area contributed by atoms with Crippen LogP contribution in [-0.4, -0.2) is 30.8 Å². The number of carbonyl (C=O) groups is 1. The molecule has 0 spiro atoms. The summed E-state index contributed by atoms with van der Waals surface area (Å²) in [4.78, 5) is 11.9. The lowest BCUT2D eigenvalue weighted by Crippen LogP contribution is -2.32. The fourth-order valence-electron chi connectivity index (χ4n) is 2.50. The van der Waals surface area contributed by atoms with Crippen molar-refractivity contribution < 1.29 is 19.0 Å². The van der Waals surface area contributed by atoms with E-state index in [1.54, 1.807) is 6.07 Å². The van der Waals surface area contributed by atoms with Crippen LogP contribution in [0, 0.1) is 11.7 Å². The molecule has 2 N–H and O–H groups in total. The van der Waals surface area contributed by atoms with Gasteiger partial charge in [-0.05, 0) is 49.8 Å². The zero-order valence-corrected chi connectivity index (χ0v) is 11.6. The molecule has 1 fully saturated rings. The van der Waals surface area contributed by atoms with Gasteiger partial charge in [0.1, 0.15) is 0 Å². The van der Waals surface area contributed by atoms with Crippen LogP contribution in [0.25, 0.3) is 0 Å². The number of ether oxygens (including phenoxy) is 1. The Bertz CT molecular complexity index is 470. The molecule has 0 heterocycles. The van der Waals surface area contributed by atoms with Crippen LogP contribution in [0.1, 0.15) is 36.0 Å². The van der Waals surface area contributed by atoms with Crippen molar-refractivity contribution in [1.82, 2.24) is 5.32 Å². The summed E-state index contributed by atoms with van der Waals surface area (Å²) in [6, 6.07) is 4.17. The van der Waals surface area contributed by atoms with E-state index in [-0.39, 0.29) is 17.8 Å². The Morgan fingerprint density at radius 1 is 1.40 bits per heavy atom. The number of halogens is 1. The van der Waals surface area contributed by atoms with Gasteiger partial charge in [0.2, 0.25) is 0 Å². The highest BCUT2D eigenvalue weighted by Crippen LogP contribution is 2.23. The fourth-order valence-corrected chi connectivity index (χ4v) is 2.50. The molecule has 4 nitrogen and oxygen atoms in total. The molecule has 0 aromatic heterocycles. The number of carbonyl (C=O) groups excluding carboxylic acids is 1. The molecule has 1 amide bonds. The van der Waals surface area contributed by atoms with E-state index < -0.39 is 5.82 Å². The van der Waals surface area contributed by atoms with Gasteiger partial charge in [-0.25, -0.2) is 4.39 Å². The van der Waals surface area contributed by atoms with E-state index in [9.17, 15) is 14.3 Å². The van der Waals surface area contributed by atoms with Gasteiger partial charge >= 0.3 is 0 Å². The molecule has 1 aliphatic carbocycles. The Morgan fingerprint density at radius 2 is 2.10 bits per heavy atom. The summed E-state index contributed by atoms with van der Waals surface area (Å²) in [5, 5.41) is 12.2. The summed E-state index contributed by atoms with van der Waals surface area (Å²) in [5.41, 5.74) is 0.291. The highest BCUT2D eigenvalue weighted by molar-refractivity contribution is 5.94. The minimum atomic E-state index is -0.541. The predicted octanol–water partition coefficient (Wildman–Crippen LogP) is 2.12. The highest BCUT2D eigenvalue weighted by atomic mass is 19.1. The molecule has 0 saturated heterocycles. The third kappa shape index (κ3) is 3.70. The van der Waals surface area contributed by atoms with Crippen LogP contribution < -0.4 is 10.1 Å². The maximum absolute atomic E-state index is 13.5. The zero-order valence-electron chi connectivity index (χ0n) is 11.6. The highest BCUT2D eigenvalue weighted by Gasteiger charge is 2.20. The third-order valence-corrected chi connectivity index (χ3v) is 3.78. The molecule has 2 rings (SSSR count). The number of nitrogens with one attached hydrogen (secondary N) is 1. The van der Waals surface area contributed by atoms with E-state index >= 15 is 0 Å². The molecule has 1 aliphatic rings. The van der Waals surface area contributed by atoms with E-state index in [4.69, 9.17) is 4.74 Å². The van der Waals surface area contributed by atoms with E-state index in [0.717, 1.165) is 25.7 Å². The molecule has 20 heavy (non-hydrogen) atoms. The average molecular weight is 281 g/mol. The van der Waals surface area contributed by atoms with Crippen molar-refractivity contribution in [3.63, 3.8) is 0 Å². The minimum Gasteiger partial charge on any atom is -0.494 e. The van der Waals surface area contributed by atoms with E-state index in [0.29, 0.717) is 18.0 Å². The lowest BCUT2D eigenvalue weighted by Gasteiger charge is -2.25. The first kappa shape index (κ1) is 14.8. The predicted molar refractivity (Wildman–Crippen MR) is 73.3 cm³/mol. The first-order valence-corrected chi connectivity index (χ1v) is 6.90. The largest absolute Gasteiger partial charge is 0.494 e. The van der Waals surface area contributed by atoms with Crippen LogP contribution in [-0.2, 0) is 0 Å². The Labute approximate surface area is 117 Å². The van der Waals surface area contributed by atoms with Gasteiger partial charge in [0.05, 0.1) is 13.2 Å². The van der Waals surface area contributed by atoms with Crippen molar-refractivity contribution >= 4 is 5.91 Å². The Balaban J connectivity index is 1.87. The lowest BCUT2D eigenvalue weighted by molar-refractivity contribution is 0.0910. The number of hydrogen-bond acceptors (Lipinski definition) is 3. The molecular formula is C15H20FNO3. The summed E-state index contributed by atoms with van der Waals surface area (Å²) in [5.74, 6) is -0.299. The molecular weight excluding hydrogens is 261 g/mol. The first-order chi connectivity index (χ1) is 9.60. The van der Waals surface area contributed by atoms with Gasteiger partial charge < -0.3 is 15.2 Å². The number of methoxy groups -OCH3 is 1. The Kier molecular flexibility index (Phi) is 4.95. The molecule has 5 heteroatoms. The summed E-state index contributed by atoms with van der Waals surface area (Å²) in [6.45, 7) is 0.569. The monoisotopic (exact) mass is 281 g/mol. The second-order valence-corrected chi connectivity index (χ2v) is 5.23. The lowest BCUT2D eigenvalue weighted by atomic mass is 9.87. The standard InChI is InChI=1S/C15H20FNO3/c1-20-14-7-4-11(8-13(14)16)15(19)17-9-10-2-5-12(18)6-3-10/h4,7-8,10,12,18H,2-3,5-6,9H2,1H3,(H,17,19). The van der Waals surface area contributed by atoms with Crippen molar-refractivity contribution in [2.24, 2.45) is 5.92 Å². The van der Waals surface area contributed by atoms with Crippen molar-refractivity contribution in [1.29, 1.82) is 0 Å². The number of hydrogen-bond donors (Lipinski definition) is 2. The second kappa shape index (κ2) is 6.70. The Morgan fingerprint density at radius 3 is 2.70 bits per heavy atom. The summed E-state index contributed by atoms with van der Waals surface area (Å²) < 4.78 is 18.3. The van der Waals surface area contributed by atoms with Crippen LogP contribution in [0.4, 0.5) is 4.39 Å². The first-order valence-electron chi connectivity index (χ1n) is 6.90. The number of aliphatic hydroxyl groups is 1. The van der Waals surface area contributed by atoms with Crippen LogP contribution in [0.3, 0.4) is 0 Å². The SMILES string of the molecule is COc1ccc(C(=O)NCC2CCC(O)CC2)cc1F. The van der Waals surface area contributed by atoms with Gasteiger partial charge in [-0.2, -0.15) is 0 Å². The molecule has 0 unspecified atom stereocenters. The molecule has 1 saturated carbocycles. The molecule has 0 bridgehead atoms. The maximum Gasteiger partial charge on any atom is 0.251 e. The molecule has 1 aromatic carbocycles.